The predicted octanol–water partition coefficient (Wildman–Crippen LogP) is 2.90. The standard InChI is InChI=1S/C17H19N5S.ClH/c1-2-14(9-18-3-1)17-10-19-4-6-21(17)11-16-8-15(12-23-16)22-7-5-20-13-22;/h1-3,5,7-9,12-13,17,19H,4,6,10-11H2;1H. The van der Waals surface area contributed by atoms with Gasteiger partial charge in [0.1, 0.15) is 0 Å². The van der Waals surface area contributed by atoms with Crippen LogP contribution in [0.2, 0.25) is 0 Å². The number of nitrogens with one attached hydrogen (secondary N) is 1. The zero-order valence-corrected chi connectivity index (χ0v) is 14.8. The van der Waals surface area contributed by atoms with E-state index in [1.165, 1.54) is 16.1 Å². The second-order valence-electron chi connectivity index (χ2n) is 5.72. The summed E-state index contributed by atoms with van der Waals surface area (Å²) in [5.41, 5.74) is 2.47. The van der Waals surface area contributed by atoms with Gasteiger partial charge >= 0.3 is 0 Å². The lowest BCUT2D eigenvalue weighted by Crippen LogP contribution is -2.45. The van der Waals surface area contributed by atoms with E-state index in [-0.39, 0.29) is 12.4 Å². The summed E-state index contributed by atoms with van der Waals surface area (Å²) >= 11 is 1.81. The number of nitrogens with zero attached hydrogens (tertiary/aromatic N) is 4. The average Bonchev–Trinajstić information content (AvgIpc) is 3.27. The molecule has 24 heavy (non-hydrogen) atoms. The normalized spacial score (nSPS) is 18.2. The van der Waals surface area contributed by atoms with Crippen molar-refractivity contribution in [2.24, 2.45) is 0 Å². The first kappa shape index (κ1) is 17.1. The lowest BCUT2D eigenvalue weighted by atomic mass is 10.1. The summed E-state index contributed by atoms with van der Waals surface area (Å²) in [6.45, 7) is 4.04. The Kier molecular flexibility index (Phi) is 5.63. The van der Waals surface area contributed by atoms with Crippen LogP contribution in [0, 0.1) is 0 Å². The second-order valence-corrected chi connectivity index (χ2v) is 6.71. The Morgan fingerprint density at radius 2 is 2.25 bits per heavy atom. The molecule has 4 rings (SSSR count). The Morgan fingerprint density at radius 3 is 3.04 bits per heavy atom. The SMILES string of the molecule is Cl.c1cncc(C2CNCCN2Cc2cc(-n3ccnc3)cs2)c1. The maximum Gasteiger partial charge on any atom is 0.0991 e. The van der Waals surface area contributed by atoms with E-state index in [2.05, 4.69) is 42.3 Å². The van der Waals surface area contributed by atoms with Gasteiger partial charge in [-0.25, -0.2) is 4.98 Å². The van der Waals surface area contributed by atoms with Crippen LogP contribution in [0.4, 0.5) is 0 Å². The van der Waals surface area contributed by atoms with E-state index in [1.54, 1.807) is 0 Å². The van der Waals surface area contributed by atoms with Crippen LogP contribution in [0.5, 0.6) is 0 Å². The van der Waals surface area contributed by atoms with E-state index >= 15 is 0 Å². The molecule has 7 heteroatoms. The summed E-state index contributed by atoms with van der Waals surface area (Å²) < 4.78 is 2.05. The van der Waals surface area contributed by atoms with Gasteiger partial charge in [-0.2, -0.15) is 0 Å². The molecule has 4 heterocycles. The van der Waals surface area contributed by atoms with E-state index in [0.717, 1.165) is 26.2 Å². The number of hydrogen-bond acceptors (Lipinski definition) is 5. The van der Waals surface area contributed by atoms with Gasteiger partial charge in [-0.1, -0.05) is 6.07 Å². The molecule has 1 saturated heterocycles. The quantitative estimate of drug-likeness (QED) is 0.776. The zero-order chi connectivity index (χ0) is 15.5. The zero-order valence-electron chi connectivity index (χ0n) is 13.2. The van der Waals surface area contributed by atoms with E-state index in [0.29, 0.717) is 6.04 Å². The molecule has 3 aromatic heterocycles. The van der Waals surface area contributed by atoms with Crippen molar-refractivity contribution < 1.29 is 0 Å². The van der Waals surface area contributed by atoms with Crippen molar-refractivity contribution in [3.63, 3.8) is 0 Å². The van der Waals surface area contributed by atoms with Crippen LogP contribution in [0.1, 0.15) is 16.5 Å². The van der Waals surface area contributed by atoms with Crippen molar-refractivity contribution in [2.45, 2.75) is 12.6 Å². The number of thiophene rings is 1. The van der Waals surface area contributed by atoms with Crippen molar-refractivity contribution in [3.05, 3.63) is 65.1 Å². The van der Waals surface area contributed by atoms with Crippen molar-refractivity contribution in [1.82, 2.24) is 24.8 Å². The summed E-state index contributed by atoms with van der Waals surface area (Å²) in [6, 6.07) is 6.83. The Bertz CT molecular complexity index is 743. The van der Waals surface area contributed by atoms with Crippen LogP contribution < -0.4 is 5.32 Å². The second kappa shape index (κ2) is 7.90. The molecular weight excluding hydrogens is 342 g/mol. The minimum Gasteiger partial charge on any atom is -0.314 e. The molecule has 1 aliphatic heterocycles. The van der Waals surface area contributed by atoms with Crippen LogP contribution in [-0.2, 0) is 6.54 Å². The Balaban J connectivity index is 0.00000169. The molecular formula is C17H20ClN5S. The van der Waals surface area contributed by atoms with Crippen LogP contribution in [0.3, 0.4) is 0 Å². The Labute approximate surface area is 151 Å². The van der Waals surface area contributed by atoms with Gasteiger partial charge in [0.2, 0.25) is 0 Å². The third kappa shape index (κ3) is 3.67. The first-order valence-corrected chi connectivity index (χ1v) is 8.68. The van der Waals surface area contributed by atoms with E-state index in [9.17, 15) is 0 Å². The highest BCUT2D eigenvalue weighted by molar-refractivity contribution is 7.10. The molecule has 5 nitrogen and oxygen atoms in total. The van der Waals surface area contributed by atoms with Gasteiger partial charge in [-0.05, 0) is 17.7 Å². The Morgan fingerprint density at radius 1 is 1.29 bits per heavy atom. The van der Waals surface area contributed by atoms with Crippen LogP contribution >= 0.6 is 23.7 Å². The Hall–Kier alpha value is -1.73. The predicted molar refractivity (Wildman–Crippen MR) is 98.9 cm³/mol. The molecule has 1 aliphatic rings. The third-order valence-corrected chi connectivity index (χ3v) is 5.13. The van der Waals surface area contributed by atoms with Crippen LogP contribution in [-0.4, -0.2) is 39.1 Å². The fraction of sp³-hybridized carbons (Fsp3) is 0.294. The molecule has 0 bridgehead atoms. The number of hydrogen-bond donors (Lipinski definition) is 1. The van der Waals surface area contributed by atoms with Gasteiger partial charge in [-0.3, -0.25) is 9.88 Å². The topological polar surface area (TPSA) is 46.0 Å². The number of rotatable bonds is 4. The highest BCUT2D eigenvalue weighted by Crippen LogP contribution is 2.26. The highest BCUT2D eigenvalue weighted by atomic mass is 35.5. The highest BCUT2D eigenvalue weighted by Gasteiger charge is 2.24. The monoisotopic (exact) mass is 361 g/mol. The molecule has 126 valence electrons. The van der Waals surface area contributed by atoms with Gasteiger partial charge in [0.25, 0.3) is 0 Å². The lowest BCUT2D eigenvalue weighted by molar-refractivity contribution is 0.155. The summed E-state index contributed by atoms with van der Waals surface area (Å²) in [5, 5.41) is 5.69. The number of imidazole rings is 1. The number of halogens is 1. The largest absolute Gasteiger partial charge is 0.314 e. The maximum absolute atomic E-state index is 4.28. The molecule has 1 unspecified atom stereocenters. The molecule has 0 spiro atoms. The van der Waals surface area contributed by atoms with E-state index in [4.69, 9.17) is 0 Å². The van der Waals surface area contributed by atoms with Gasteiger partial charge in [0, 0.05) is 67.3 Å². The van der Waals surface area contributed by atoms with E-state index < -0.39 is 0 Å². The number of aromatic nitrogens is 3. The summed E-state index contributed by atoms with van der Waals surface area (Å²) in [6.07, 6.45) is 9.45. The minimum atomic E-state index is 0. The molecule has 0 saturated carbocycles. The van der Waals surface area contributed by atoms with Gasteiger partial charge in [-0.15, -0.1) is 23.7 Å². The molecule has 1 atom stereocenters. The summed E-state index contributed by atoms with van der Waals surface area (Å²) in [7, 11) is 0. The van der Waals surface area contributed by atoms with Crippen molar-refractivity contribution in [2.75, 3.05) is 19.6 Å². The molecule has 0 radical (unpaired) electrons. The molecule has 3 aromatic rings. The van der Waals surface area contributed by atoms with Gasteiger partial charge in [0.15, 0.2) is 0 Å². The summed E-state index contributed by atoms with van der Waals surface area (Å²) in [5.74, 6) is 0. The smallest absolute Gasteiger partial charge is 0.0991 e. The van der Waals surface area contributed by atoms with Crippen LogP contribution in [0.25, 0.3) is 5.69 Å². The van der Waals surface area contributed by atoms with E-state index in [1.807, 2.05) is 48.5 Å². The first-order valence-electron chi connectivity index (χ1n) is 7.80. The average molecular weight is 362 g/mol. The fourth-order valence-electron chi connectivity index (χ4n) is 3.04. The molecule has 0 aromatic carbocycles. The maximum atomic E-state index is 4.28. The lowest BCUT2D eigenvalue weighted by Gasteiger charge is -2.36. The van der Waals surface area contributed by atoms with Gasteiger partial charge in [0.05, 0.1) is 12.0 Å². The van der Waals surface area contributed by atoms with Crippen molar-refractivity contribution in [1.29, 1.82) is 0 Å². The van der Waals surface area contributed by atoms with Crippen molar-refractivity contribution >= 4 is 23.7 Å². The molecule has 1 N–H and O–H groups in total. The fourth-order valence-corrected chi connectivity index (χ4v) is 3.93. The number of piperazine rings is 1. The van der Waals surface area contributed by atoms with Crippen molar-refractivity contribution in [3.8, 4) is 5.69 Å². The van der Waals surface area contributed by atoms with Crippen LogP contribution in [0.15, 0.2) is 54.7 Å². The first-order chi connectivity index (χ1) is 11.4. The van der Waals surface area contributed by atoms with Gasteiger partial charge < -0.3 is 9.88 Å². The molecule has 0 aliphatic carbocycles. The third-order valence-electron chi connectivity index (χ3n) is 4.22. The minimum absolute atomic E-state index is 0. The molecule has 1 fully saturated rings. The molecule has 0 amide bonds. The summed E-state index contributed by atoms with van der Waals surface area (Å²) in [4.78, 5) is 12.3. The number of pyridine rings is 1.